The Morgan fingerprint density at radius 3 is 3.18 bits per heavy atom. The molecule has 0 spiro atoms. The highest BCUT2D eigenvalue weighted by Crippen LogP contribution is 2.30. The van der Waals surface area contributed by atoms with E-state index in [0.717, 1.165) is 42.9 Å². The number of hydrogen-bond acceptors (Lipinski definition) is 3. The molecule has 2 N–H and O–H groups in total. The molecule has 1 heterocycles. The fourth-order valence-electron chi connectivity index (χ4n) is 2.32. The number of carbonyl (C=O) groups is 1. The van der Waals surface area contributed by atoms with Gasteiger partial charge in [0.05, 0.1) is 5.69 Å². The molecule has 0 saturated carbocycles. The summed E-state index contributed by atoms with van der Waals surface area (Å²) in [5.41, 5.74) is 1.76. The van der Waals surface area contributed by atoms with Crippen LogP contribution in [-0.4, -0.2) is 34.8 Å². The summed E-state index contributed by atoms with van der Waals surface area (Å²) in [5.74, 6) is -0.299. The number of hydrogen-bond donors (Lipinski definition) is 2. The molecule has 5 nitrogen and oxygen atoms in total. The fourth-order valence-corrected chi connectivity index (χ4v) is 2.32. The minimum absolute atomic E-state index is 0.425. The van der Waals surface area contributed by atoms with Crippen LogP contribution in [-0.2, 0) is 22.4 Å². The summed E-state index contributed by atoms with van der Waals surface area (Å²) in [7, 11) is 1.67. The van der Waals surface area contributed by atoms with E-state index in [4.69, 9.17) is 9.84 Å². The normalized spacial score (nSPS) is 19.0. The maximum absolute atomic E-state index is 11.1. The van der Waals surface area contributed by atoms with Crippen LogP contribution in [0.1, 0.15) is 42.4 Å². The Balaban J connectivity index is 2.10. The van der Waals surface area contributed by atoms with E-state index in [1.165, 1.54) is 0 Å². The summed E-state index contributed by atoms with van der Waals surface area (Å²) in [6, 6.07) is 0. The Labute approximate surface area is 100 Å². The van der Waals surface area contributed by atoms with Gasteiger partial charge in [-0.15, -0.1) is 0 Å². The summed E-state index contributed by atoms with van der Waals surface area (Å²) in [4.78, 5) is 18.8. The number of H-pyrrole nitrogens is 1. The van der Waals surface area contributed by atoms with Crippen LogP contribution in [0.5, 0.6) is 0 Å². The molecule has 0 radical (unpaired) electrons. The van der Waals surface area contributed by atoms with E-state index in [9.17, 15) is 4.79 Å². The predicted molar refractivity (Wildman–Crippen MR) is 62.1 cm³/mol. The predicted octanol–water partition coefficient (Wildman–Crippen LogP) is 1.49. The molecule has 0 fully saturated rings. The molecule has 1 aliphatic carbocycles. The minimum atomic E-state index is -0.763. The Kier molecular flexibility index (Phi) is 3.78. The molecule has 0 aromatic carbocycles. The number of nitrogens with zero attached hydrogens (tertiary/aromatic N) is 1. The number of imidazole rings is 1. The van der Waals surface area contributed by atoms with Gasteiger partial charge >= 0.3 is 5.97 Å². The quantitative estimate of drug-likeness (QED) is 0.762. The highest BCUT2D eigenvalue weighted by molar-refractivity contribution is 5.76. The first-order valence-corrected chi connectivity index (χ1v) is 6.01. The third-order valence-corrected chi connectivity index (χ3v) is 3.17. The van der Waals surface area contributed by atoms with Gasteiger partial charge in [0.15, 0.2) is 0 Å². The molecule has 5 heteroatoms. The van der Waals surface area contributed by atoms with Crippen molar-refractivity contribution >= 4 is 5.97 Å². The number of ether oxygens (including phenoxy) is 1. The Morgan fingerprint density at radius 1 is 1.65 bits per heavy atom. The molecular formula is C12H18N2O3. The van der Waals surface area contributed by atoms with Crippen molar-refractivity contribution in [3.63, 3.8) is 0 Å². The van der Waals surface area contributed by atoms with E-state index < -0.39 is 11.9 Å². The molecule has 1 aromatic rings. The largest absolute Gasteiger partial charge is 0.481 e. The van der Waals surface area contributed by atoms with Crippen LogP contribution in [0.2, 0.25) is 0 Å². The third-order valence-electron chi connectivity index (χ3n) is 3.17. The number of fused-ring (bicyclic) bond motifs is 1. The van der Waals surface area contributed by atoms with E-state index >= 15 is 0 Å². The number of aliphatic carboxylic acids is 1. The standard InChI is InChI=1S/C12H18N2O3/c1-17-7-3-6-10-13-9-5-2-4-8(12(15)16)11(9)14-10/h8H,2-7H2,1H3,(H,13,14)(H,15,16). The van der Waals surface area contributed by atoms with Crippen LogP contribution < -0.4 is 0 Å². The molecule has 0 amide bonds. The van der Waals surface area contributed by atoms with Gasteiger partial charge in [0.25, 0.3) is 0 Å². The molecular weight excluding hydrogens is 220 g/mol. The molecule has 2 rings (SSSR count). The zero-order chi connectivity index (χ0) is 12.3. The average Bonchev–Trinajstić information content (AvgIpc) is 2.71. The maximum atomic E-state index is 11.1. The summed E-state index contributed by atoms with van der Waals surface area (Å²) < 4.78 is 4.99. The lowest BCUT2D eigenvalue weighted by Crippen LogP contribution is -2.17. The summed E-state index contributed by atoms with van der Waals surface area (Å²) in [6.45, 7) is 0.702. The summed E-state index contributed by atoms with van der Waals surface area (Å²) >= 11 is 0. The lowest BCUT2D eigenvalue weighted by molar-refractivity contribution is -0.139. The van der Waals surface area contributed by atoms with Gasteiger partial charge in [-0.3, -0.25) is 4.79 Å². The van der Waals surface area contributed by atoms with Crippen LogP contribution in [0.25, 0.3) is 0 Å². The maximum Gasteiger partial charge on any atom is 0.312 e. The average molecular weight is 238 g/mol. The van der Waals surface area contributed by atoms with Crippen molar-refractivity contribution in [2.75, 3.05) is 13.7 Å². The monoisotopic (exact) mass is 238 g/mol. The van der Waals surface area contributed by atoms with Gasteiger partial charge in [-0.1, -0.05) is 0 Å². The number of aromatic amines is 1. The molecule has 1 atom stereocenters. The lowest BCUT2D eigenvalue weighted by atomic mass is 9.90. The van der Waals surface area contributed by atoms with Gasteiger partial charge in [-0.05, 0) is 25.7 Å². The number of carboxylic acids is 1. The van der Waals surface area contributed by atoms with Crippen molar-refractivity contribution < 1.29 is 14.6 Å². The van der Waals surface area contributed by atoms with E-state index in [0.29, 0.717) is 13.0 Å². The molecule has 0 bridgehead atoms. The Hall–Kier alpha value is -1.36. The fraction of sp³-hybridized carbons (Fsp3) is 0.667. The lowest BCUT2D eigenvalue weighted by Gasteiger charge is -2.16. The number of aryl methyl sites for hydroxylation is 2. The van der Waals surface area contributed by atoms with Crippen molar-refractivity contribution in [3.05, 3.63) is 17.2 Å². The molecule has 0 aliphatic heterocycles. The minimum Gasteiger partial charge on any atom is -0.481 e. The zero-order valence-electron chi connectivity index (χ0n) is 10.0. The number of carboxylic acid groups (broad SMARTS) is 1. The summed E-state index contributed by atoms with van der Waals surface area (Å²) in [6.07, 6.45) is 4.25. The smallest absolute Gasteiger partial charge is 0.312 e. The van der Waals surface area contributed by atoms with E-state index in [-0.39, 0.29) is 0 Å². The van der Waals surface area contributed by atoms with Gasteiger partial charge in [0.1, 0.15) is 11.7 Å². The second-order valence-electron chi connectivity index (χ2n) is 4.43. The van der Waals surface area contributed by atoms with Crippen molar-refractivity contribution in [1.29, 1.82) is 0 Å². The van der Waals surface area contributed by atoms with E-state index in [2.05, 4.69) is 9.97 Å². The number of aromatic nitrogens is 2. The summed E-state index contributed by atoms with van der Waals surface area (Å²) in [5, 5.41) is 9.13. The van der Waals surface area contributed by atoms with Gasteiger partial charge in [0.2, 0.25) is 0 Å². The number of methoxy groups -OCH3 is 1. The first-order valence-electron chi connectivity index (χ1n) is 6.01. The Bertz CT molecular complexity index is 400. The van der Waals surface area contributed by atoms with E-state index in [1.54, 1.807) is 7.11 Å². The first-order chi connectivity index (χ1) is 8.22. The van der Waals surface area contributed by atoms with Crippen LogP contribution in [0.15, 0.2) is 0 Å². The first kappa shape index (κ1) is 12.1. The van der Waals surface area contributed by atoms with Crippen LogP contribution >= 0.6 is 0 Å². The second-order valence-corrected chi connectivity index (χ2v) is 4.43. The van der Waals surface area contributed by atoms with Crippen molar-refractivity contribution in [2.45, 2.75) is 38.0 Å². The molecule has 1 aromatic heterocycles. The number of nitrogens with one attached hydrogen (secondary N) is 1. The van der Waals surface area contributed by atoms with Gasteiger partial charge in [-0.25, -0.2) is 4.98 Å². The third kappa shape index (κ3) is 2.66. The van der Waals surface area contributed by atoms with Gasteiger partial charge in [0, 0.05) is 25.8 Å². The highest BCUT2D eigenvalue weighted by Gasteiger charge is 2.29. The van der Waals surface area contributed by atoms with Crippen molar-refractivity contribution in [3.8, 4) is 0 Å². The second kappa shape index (κ2) is 5.31. The number of rotatable bonds is 5. The molecule has 1 aliphatic rings. The van der Waals surface area contributed by atoms with E-state index in [1.807, 2.05) is 0 Å². The zero-order valence-corrected chi connectivity index (χ0v) is 10.0. The van der Waals surface area contributed by atoms with Crippen LogP contribution in [0.4, 0.5) is 0 Å². The van der Waals surface area contributed by atoms with Crippen LogP contribution in [0, 0.1) is 0 Å². The van der Waals surface area contributed by atoms with Crippen LogP contribution in [0.3, 0.4) is 0 Å². The van der Waals surface area contributed by atoms with Gasteiger partial charge in [-0.2, -0.15) is 0 Å². The molecule has 94 valence electrons. The topological polar surface area (TPSA) is 75.2 Å². The van der Waals surface area contributed by atoms with Gasteiger partial charge < -0.3 is 14.8 Å². The van der Waals surface area contributed by atoms with Crippen molar-refractivity contribution in [2.24, 2.45) is 0 Å². The molecule has 17 heavy (non-hydrogen) atoms. The van der Waals surface area contributed by atoms with Crippen molar-refractivity contribution in [1.82, 2.24) is 9.97 Å². The molecule has 1 unspecified atom stereocenters. The highest BCUT2D eigenvalue weighted by atomic mass is 16.5. The molecule has 0 saturated heterocycles. The Morgan fingerprint density at radius 2 is 2.47 bits per heavy atom. The SMILES string of the molecule is COCCCc1nc2c([nH]1)CCCC2C(=O)O.